The maximum atomic E-state index is 14.2. The van der Waals surface area contributed by atoms with Gasteiger partial charge in [-0.1, -0.05) is 0 Å². The van der Waals surface area contributed by atoms with Crippen molar-refractivity contribution in [3.8, 4) is 0 Å². The fraction of sp³-hybridized carbons (Fsp3) is 0.533. The van der Waals surface area contributed by atoms with E-state index in [0.29, 0.717) is 11.7 Å². The molecule has 1 heterocycles. The van der Waals surface area contributed by atoms with Crippen molar-refractivity contribution in [2.45, 2.75) is 19.9 Å². The molecule has 0 bridgehead atoms. The van der Waals surface area contributed by atoms with Gasteiger partial charge in [0.05, 0.1) is 18.4 Å². The molecular formula is C15H22FN3O2. The Kier molecular flexibility index (Phi) is 4.67. The third-order valence-electron chi connectivity index (χ3n) is 3.91. The molecule has 2 N–H and O–H groups in total. The molecule has 0 aromatic heterocycles. The molecule has 1 aromatic carbocycles. The number of methoxy groups -OCH3 is 1. The Morgan fingerprint density at radius 2 is 1.90 bits per heavy atom. The Hall–Kier alpha value is -1.82. The second kappa shape index (κ2) is 6.30. The lowest BCUT2D eigenvalue weighted by Gasteiger charge is -2.38. The van der Waals surface area contributed by atoms with E-state index in [9.17, 15) is 9.18 Å². The van der Waals surface area contributed by atoms with Gasteiger partial charge < -0.3 is 15.4 Å². The van der Waals surface area contributed by atoms with E-state index in [0.717, 1.165) is 26.2 Å². The van der Waals surface area contributed by atoms with Gasteiger partial charge in [0.1, 0.15) is 5.82 Å². The molecule has 0 amide bonds. The maximum absolute atomic E-state index is 14.2. The molecule has 2 rings (SSSR count). The van der Waals surface area contributed by atoms with Crippen LogP contribution in [0.15, 0.2) is 12.1 Å². The predicted octanol–water partition coefficient (Wildman–Crippen LogP) is 1.72. The Morgan fingerprint density at radius 1 is 1.29 bits per heavy atom. The minimum absolute atomic E-state index is 0.101. The summed E-state index contributed by atoms with van der Waals surface area (Å²) >= 11 is 0. The van der Waals surface area contributed by atoms with Crippen LogP contribution in [0.25, 0.3) is 0 Å². The number of nitrogens with zero attached hydrogens (tertiary/aromatic N) is 2. The lowest BCUT2D eigenvalue weighted by Crippen LogP contribution is -2.49. The van der Waals surface area contributed by atoms with Crippen LogP contribution in [0.1, 0.15) is 24.2 Å². The van der Waals surface area contributed by atoms with Crippen molar-refractivity contribution >= 4 is 17.3 Å². The van der Waals surface area contributed by atoms with Crippen molar-refractivity contribution in [2.24, 2.45) is 0 Å². The van der Waals surface area contributed by atoms with Crippen LogP contribution in [0, 0.1) is 5.82 Å². The topological polar surface area (TPSA) is 58.8 Å². The Bertz CT molecular complexity index is 526. The molecule has 116 valence electrons. The first-order valence-electron chi connectivity index (χ1n) is 7.10. The van der Waals surface area contributed by atoms with E-state index in [1.165, 1.54) is 19.2 Å². The van der Waals surface area contributed by atoms with Crippen molar-refractivity contribution in [1.82, 2.24) is 4.90 Å². The molecular weight excluding hydrogens is 273 g/mol. The van der Waals surface area contributed by atoms with Gasteiger partial charge in [0, 0.05) is 37.9 Å². The van der Waals surface area contributed by atoms with Gasteiger partial charge in [-0.15, -0.1) is 0 Å². The number of anilines is 2. The summed E-state index contributed by atoms with van der Waals surface area (Å²) in [5.74, 6) is -0.951. The van der Waals surface area contributed by atoms with Crippen molar-refractivity contribution in [3.05, 3.63) is 23.5 Å². The van der Waals surface area contributed by atoms with Crippen LogP contribution in [0.3, 0.4) is 0 Å². The number of halogens is 1. The summed E-state index contributed by atoms with van der Waals surface area (Å²) in [5.41, 5.74) is 6.41. The molecule has 1 aliphatic heterocycles. The van der Waals surface area contributed by atoms with Crippen LogP contribution in [-0.4, -0.2) is 50.2 Å². The summed E-state index contributed by atoms with van der Waals surface area (Å²) in [5, 5.41) is 0. The zero-order valence-electron chi connectivity index (χ0n) is 12.7. The minimum Gasteiger partial charge on any atom is -0.465 e. The maximum Gasteiger partial charge on any atom is 0.340 e. The third kappa shape index (κ3) is 3.26. The highest BCUT2D eigenvalue weighted by Crippen LogP contribution is 2.27. The smallest absolute Gasteiger partial charge is 0.340 e. The standard InChI is InChI=1S/C15H22FN3O2/c1-10(2)18-4-6-19(7-5-18)14-8-11(15(20)21-3)13(17)9-12(14)16/h8-10H,4-7,17H2,1-3H3. The number of piperazine rings is 1. The van der Waals surface area contributed by atoms with E-state index in [-0.39, 0.29) is 11.3 Å². The van der Waals surface area contributed by atoms with Gasteiger partial charge in [-0.2, -0.15) is 0 Å². The first kappa shape index (κ1) is 15.6. The van der Waals surface area contributed by atoms with Gasteiger partial charge in [-0.05, 0) is 26.0 Å². The summed E-state index contributed by atoms with van der Waals surface area (Å²) in [6, 6.07) is 3.16. The highest BCUT2D eigenvalue weighted by Gasteiger charge is 2.23. The fourth-order valence-corrected chi connectivity index (χ4v) is 2.59. The number of hydrogen-bond donors (Lipinski definition) is 1. The van der Waals surface area contributed by atoms with Crippen LogP contribution in [0.5, 0.6) is 0 Å². The van der Waals surface area contributed by atoms with Crippen LogP contribution in [-0.2, 0) is 4.74 Å². The van der Waals surface area contributed by atoms with E-state index >= 15 is 0 Å². The average molecular weight is 295 g/mol. The number of benzene rings is 1. The van der Waals surface area contributed by atoms with Crippen molar-refractivity contribution in [1.29, 1.82) is 0 Å². The molecule has 0 spiro atoms. The van der Waals surface area contributed by atoms with Gasteiger partial charge >= 0.3 is 5.97 Å². The second-order valence-corrected chi connectivity index (χ2v) is 5.50. The summed E-state index contributed by atoms with van der Waals surface area (Å²) in [6.07, 6.45) is 0. The lowest BCUT2D eigenvalue weighted by molar-refractivity contribution is 0.0602. The summed E-state index contributed by atoms with van der Waals surface area (Å²) in [4.78, 5) is 16.0. The predicted molar refractivity (Wildman–Crippen MR) is 81.1 cm³/mol. The molecule has 1 saturated heterocycles. The molecule has 0 radical (unpaired) electrons. The molecule has 1 aliphatic rings. The number of hydrogen-bond acceptors (Lipinski definition) is 5. The Labute approximate surface area is 124 Å². The van der Waals surface area contributed by atoms with Crippen LogP contribution in [0.4, 0.5) is 15.8 Å². The van der Waals surface area contributed by atoms with Crippen molar-refractivity contribution in [3.63, 3.8) is 0 Å². The average Bonchev–Trinajstić information content (AvgIpc) is 2.47. The third-order valence-corrected chi connectivity index (χ3v) is 3.91. The summed E-state index contributed by atoms with van der Waals surface area (Å²) in [7, 11) is 1.28. The number of nitrogen functional groups attached to an aromatic ring is 1. The Balaban J connectivity index is 2.22. The fourth-order valence-electron chi connectivity index (χ4n) is 2.59. The SMILES string of the molecule is COC(=O)c1cc(N2CCN(C(C)C)CC2)c(F)cc1N. The molecule has 5 nitrogen and oxygen atoms in total. The van der Waals surface area contributed by atoms with E-state index in [2.05, 4.69) is 23.5 Å². The van der Waals surface area contributed by atoms with Crippen LogP contribution in [0.2, 0.25) is 0 Å². The summed E-state index contributed by atoms with van der Waals surface area (Å²) in [6.45, 7) is 7.48. The number of carbonyl (C=O) groups excluding carboxylic acids is 1. The van der Waals surface area contributed by atoms with E-state index in [1.54, 1.807) is 0 Å². The first-order chi connectivity index (χ1) is 9.93. The molecule has 0 aliphatic carbocycles. The highest BCUT2D eigenvalue weighted by molar-refractivity contribution is 5.96. The molecule has 0 saturated carbocycles. The molecule has 0 unspecified atom stereocenters. The molecule has 6 heteroatoms. The largest absolute Gasteiger partial charge is 0.465 e. The van der Waals surface area contributed by atoms with Crippen molar-refractivity contribution in [2.75, 3.05) is 43.9 Å². The van der Waals surface area contributed by atoms with Gasteiger partial charge in [-0.25, -0.2) is 9.18 Å². The second-order valence-electron chi connectivity index (χ2n) is 5.50. The Morgan fingerprint density at radius 3 is 2.43 bits per heavy atom. The lowest BCUT2D eigenvalue weighted by atomic mass is 10.1. The zero-order chi connectivity index (χ0) is 15.6. The quantitative estimate of drug-likeness (QED) is 0.680. The number of esters is 1. The number of rotatable bonds is 3. The van der Waals surface area contributed by atoms with Crippen molar-refractivity contribution < 1.29 is 13.9 Å². The highest BCUT2D eigenvalue weighted by atomic mass is 19.1. The van der Waals surface area contributed by atoms with E-state index < -0.39 is 11.8 Å². The van der Waals surface area contributed by atoms with Gasteiger partial charge in [-0.3, -0.25) is 4.90 Å². The normalized spacial score (nSPS) is 16.3. The monoisotopic (exact) mass is 295 g/mol. The zero-order valence-corrected chi connectivity index (χ0v) is 12.7. The molecule has 1 fully saturated rings. The minimum atomic E-state index is -0.547. The first-order valence-corrected chi connectivity index (χ1v) is 7.10. The van der Waals surface area contributed by atoms with Gasteiger partial charge in [0.2, 0.25) is 0 Å². The van der Waals surface area contributed by atoms with Crippen LogP contribution >= 0.6 is 0 Å². The van der Waals surface area contributed by atoms with E-state index in [4.69, 9.17) is 5.73 Å². The van der Waals surface area contributed by atoms with Gasteiger partial charge in [0.25, 0.3) is 0 Å². The number of carbonyl (C=O) groups is 1. The van der Waals surface area contributed by atoms with E-state index in [1.807, 2.05) is 4.90 Å². The number of ether oxygens (including phenoxy) is 1. The molecule has 1 aromatic rings. The summed E-state index contributed by atoms with van der Waals surface area (Å²) < 4.78 is 18.8. The van der Waals surface area contributed by atoms with Gasteiger partial charge in [0.15, 0.2) is 0 Å². The molecule has 0 atom stereocenters. The number of nitrogens with two attached hydrogens (primary N) is 1. The van der Waals surface area contributed by atoms with Crippen LogP contribution < -0.4 is 10.6 Å². The molecule has 21 heavy (non-hydrogen) atoms.